The molecule has 0 saturated heterocycles. The normalized spacial score (nSPS) is 17.6. The quantitative estimate of drug-likeness (QED) is 0.487. The number of nitrogens with zero attached hydrogens (tertiary/aromatic N) is 2. The maximum atomic E-state index is 13.7. The van der Waals surface area contributed by atoms with Crippen LogP contribution in [0.1, 0.15) is 21.3 Å². The van der Waals surface area contributed by atoms with Gasteiger partial charge in [-0.25, -0.2) is 4.79 Å². The third-order valence-corrected chi connectivity index (χ3v) is 6.76. The van der Waals surface area contributed by atoms with E-state index in [1.165, 1.54) is 23.7 Å². The first kappa shape index (κ1) is 23.1. The molecule has 0 saturated carbocycles. The zero-order chi connectivity index (χ0) is 24.4. The molecule has 174 valence electrons. The van der Waals surface area contributed by atoms with Gasteiger partial charge in [0.1, 0.15) is 18.3 Å². The number of nitrogens with one attached hydrogen (secondary N) is 2. The number of primary amides is 1. The first-order chi connectivity index (χ1) is 16.3. The summed E-state index contributed by atoms with van der Waals surface area (Å²) < 4.78 is 0.821. The maximum absolute atomic E-state index is 13.7. The Morgan fingerprint density at radius 2 is 1.74 bits per heavy atom. The first-order valence-electron chi connectivity index (χ1n) is 10.3. The maximum Gasteiger partial charge on any atom is 0.328 e. The van der Waals surface area contributed by atoms with Gasteiger partial charge >= 0.3 is 5.69 Å². The second-order valence-corrected chi connectivity index (χ2v) is 8.83. The van der Waals surface area contributed by atoms with Crippen molar-refractivity contribution < 1.29 is 14.4 Å². The van der Waals surface area contributed by atoms with Gasteiger partial charge < -0.3 is 20.9 Å². The standard InChI is InChI=1S/C23H21N5O5S/c1-27-18(30)11-14(25-23(27)33)21(31)26-19-20(13-7-3-2-4-8-13)34-16-10-6-5-9-15(16)28(22(19)32)12-17(24)29/h2-11,19-20H,12H2,1H3,(H2,24,29)(H,25,33)(H,26,31). The number of para-hydroxylation sites is 1. The summed E-state index contributed by atoms with van der Waals surface area (Å²) in [5.41, 5.74) is 4.97. The molecule has 2 unspecified atom stereocenters. The molecule has 4 N–H and O–H groups in total. The number of rotatable bonds is 5. The fourth-order valence-corrected chi connectivity index (χ4v) is 5.00. The molecule has 0 bridgehead atoms. The van der Waals surface area contributed by atoms with Crippen LogP contribution < -0.4 is 27.2 Å². The van der Waals surface area contributed by atoms with Crippen LogP contribution in [0.15, 0.2) is 75.1 Å². The van der Waals surface area contributed by atoms with Gasteiger partial charge in [0.05, 0.1) is 10.9 Å². The van der Waals surface area contributed by atoms with Crippen molar-refractivity contribution in [1.82, 2.24) is 14.9 Å². The predicted octanol–water partition coefficient (Wildman–Crippen LogP) is 0.538. The highest BCUT2D eigenvalue weighted by atomic mass is 32.2. The number of amides is 3. The van der Waals surface area contributed by atoms with Crippen LogP contribution >= 0.6 is 11.8 Å². The summed E-state index contributed by atoms with van der Waals surface area (Å²) in [4.78, 5) is 66.9. The lowest BCUT2D eigenvalue weighted by Crippen LogP contribution is -2.52. The van der Waals surface area contributed by atoms with Crippen LogP contribution in [-0.2, 0) is 16.6 Å². The third kappa shape index (κ3) is 4.50. The molecular weight excluding hydrogens is 458 g/mol. The van der Waals surface area contributed by atoms with E-state index in [0.29, 0.717) is 5.69 Å². The molecular formula is C23H21N5O5S. The van der Waals surface area contributed by atoms with Gasteiger partial charge in [-0.1, -0.05) is 42.5 Å². The Hall–Kier alpha value is -4.12. The minimum atomic E-state index is -1.14. The van der Waals surface area contributed by atoms with Crippen molar-refractivity contribution in [1.29, 1.82) is 0 Å². The SMILES string of the molecule is Cn1c(=O)cc(C(=O)NC2C(=O)N(CC(N)=O)c3ccccc3SC2c2ccccc2)[nH]c1=O. The van der Waals surface area contributed by atoms with Gasteiger partial charge in [-0.2, -0.15) is 0 Å². The Morgan fingerprint density at radius 1 is 1.06 bits per heavy atom. The number of anilines is 1. The number of benzene rings is 2. The summed E-state index contributed by atoms with van der Waals surface area (Å²) in [6, 6.07) is 16.0. The van der Waals surface area contributed by atoms with Crippen LogP contribution in [-0.4, -0.2) is 39.9 Å². The average molecular weight is 480 g/mol. The van der Waals surface area contributed by atoms with E-state index in [4.69, 9.17) is 5.73 Å². The van der Waals surface area contributed by atoms with Crippen molar-refractivity contribution in [3.63, 3.8) is 0 Å². The van der Waals surface area contributed by atoms with E-state index in [0.717, 1.165) is 21.1 Å². The topological polar surface area (TPSA) is 147 Å². The van der Waals surface area contributed by atoms with E-state index in [1.807, 2.05) is 42.5 Å². The van der Waals surface area contributed by atoms with Crippen LogP contribution in [0.5, 0.6) is 0 Å². The second kappa shape index (κ2) is 9.40. The van der Waals surface area contributed by atoms with E-state index < -0.39 is 40.3 Å². The summed E-state index contributed by atoms with van der Waals surface area (Å²) >= 11 is 1.35. The number of fused-ring (bicyclic) bond motifs is 1. The van der Waals surface area contributed by atoms with Crippen molar-refractivity contribution in [2.24, 2.45) is 12.8 Å². The number of thioether (sulfide) groups is 1. The van der Waals surface area contributed by atoms with Gasteiger partial charge in [-0.3, -0.25) is 23.7 Å². The molecule has 0 fully saturated rings. The molecule has 11 heteroatoms. The molecule has 34 heavy (non-hydrogen) atoms. The first-order valence-corrected chi connectivity index (χ1v) is 11.2. The number of hydrogen-bond acceptors (Lipinski definition) is 6. The van der Waals surface area contributed by atoms with Crippen LogP contribution in [0.4, 0.5) is 5.69 Å². The van der Waals surface area contributed by atoms with Gasteiger partial charge in [0.15, 0.2) is 0 Å². The molecule has 3 aromatic rings. The zero-order valence-corrected chi connectivity index (χ0v) is 18.9. The Balaban J connectivity index is 1.80. The average Bonchev–Trinajstić information content (AvgIpc) is 2.93. The second-order valence-electron chi connectivity index (χ2n) is 7.64. The minimum Gasteiger partial charge on any atom is -0.368 e. The van der Waals surface area contributed by atoms with E-state index in [1.54, 1.807) is 12.1 Å². The lowest BCUT2D eigenvalue weighted by molar-refractivity contribution is -0.123. The van der Waals surface area contributed by atoms with Gasteiger partial charge in [-0.15, -0.1) is 11.8 Å². The van der Waals surface area contributed by atoms with Crippen molar-refractivity contribution in [2.75, 3.05) is 11.4 Å². The van der Waals surface area contributed by atoms with E-state index >= 15 is 0 Å². The molecule has 10 nitrogen and oxygen atoms in total. The Bertz CT molecular complexity index is 1350. The molecule has 1 aliphatic heterocycles. The number of hydrogen-bond donors (Lipinski definition) is 3. The number of H-pyrrole nitrogens is 1. The van der Waals surface area contributed by atoms with Gasteiger partial charge in [0.2, 0.25) is 5.91 Å². The van der Waals surface area contributed by atoms with Crippen LogP contribution in [0, 0.1) is 0 Å². The van der Waals surface area contributed by atoms with Crippen molar-refractivity contribution in [2.45, 2.75) is 16.2 Å². The fraction of sp³-hybridized carbons (Fsp3) is 0.174. The number of carbonyl (C=O) groups is 3. The van der Waals surface area contributed by atoms with Gasteiger partial charge in [0.25, 0.3) is 17.4 Å². The smallest absolute Gasteiger partial charge is 0.328 e. The van der Waals surface area contributed by atoms with E-state index in [2.05, 4.69) is 10.3 Å². The fourth-order valence-electron chi connectivity index (χ4n) is 3.66. The molecule has 2 aromatic carbocycles. The predicted molar refractivity (Wildman–Crippen MR) is 127 cm³/mol. The molecule has 1 aromatic heterocycles. The number of nitrogens with two attached hydrogens (primary N) is 1. The molecule has 2 heterocycles. The highest BCUT2D eigenvalue weighted by molar-refractivity contribution is 7.99. The molecule has 4 rings (SSSR count). The zero-order valence-electron chi connectivity index (χ0n) is 18.1. The third-order valence-electron chi connectivity index (χ3n) is 5.36. The largest absolute Gasteiger partial charge is 0.368 e. The number of carbonyl (C=O) groups excluding carboxylic acids is 3. The molecule has 0 radical (unpaired) electrons. The van der Waals surface area contributed by atoms with Gasteiger partial charge in [-0.05, 0) is 17.7 Å². The molecule has 2 atom stereocenters. The van der Waals surface area contributed by atoms with Crippen molar-refractivity contribution >= 4 is 35.2 Å². The summed E-state index contributed by atoms with van der Waals surface area (Å²) in [5.74, 6) is -2.07. The van der Waals surface area contributed by atoms with Crippen molar-refractivity contribution in [3.05, 3.63) is 92.8 Å². The summed E-state index contributed by atoms with van der Waals surface area (Å²) in [7, 11) is 1.28. The van der Waals surface area contributed by atoms with Crippen LogP contribution in [0.3, 0.4) is 0 Å². The summed E-state index contributed by atoms with van der Waals surface area (Å²) in [6.07, 6.45) is 0. The molecule has 1 aliphatic rings. The monoisotopic (exact) mass is 479 g/mol. The number of aromatic amines is 1. The lowest BCUT2D eigenvalue weighted by Gasteiger charge is -2.28. The highest BCUT2D eigenvalue weighted by Gasteiger charge is 2.40. The Kier molecular flexibility index (Phi) is 6.37. The Labute approximate surface area is 197 Å². The molecule has 0 spiro atoms. The van der Waals surface area contributed by atoms with E-state index in [9.17, 15) is 24.0 Å². The van der Waals surface area contributed by atoms with E-state index in [-0.39, 0.29) is 12.2 Å². The van der Waals surface area contributed by atoms with Crippen molar-refractivity contribution in [3.8, 4) is 0 Å². The number of aromatic nitrogens is 2. The minimum absolute atomic E-state index is 0.277. The van der Waals surface area contributed by atoms with Crippen LogP contribution in [0.25, 0.3) is 0 Å². The summed E-state index contributed by atoms with van der Waals surface area (Å²) in [6.45, 7) is -0.382. The Morgan fingerprint density at radius 3 is 2.41 bits per heavy atom. The van der Waals surface area contributed by atoms with Gasteiger partial charge in [0, 0.05) is 18.0 Å². The lowest BCUT2D eigenvalue weighted by atomic mass is 10.0. The van der Waals surface area contributed by atoms with Crippen LogP contribution in [0.2, 0.25) is 0 Å². The highest BCUT2D eigenvalue weighted by Crippen LogP contribution is 2.45. The molecule has 0 aliphatic carbocycles. The summed E-state index contributed by atoms with van der Waals surface area (Å²) in [5, 5.41) is 2.09. The molecule has 3 amide bonds.